The van der Waals surface area contributed by atoms with E-state index in [1.54, 1.807) is 18.7 Å². The van der Waals surface area contributed by atoms with Crippen molar-refractivity contribution in [2.75, 3.05) is 6.73 Å². The standard InChI is InChI=1S/C7H8N4O/c12-5-11-3-7(8-4-11)6-1-9-10-2-6/h1-4,12H,5H2,(H,9,10)/p+1. The van der Waals surface area contributed by atoms with Crippen molar-refractivity contribution in [2.45, 2.75) is 0 Å². The largest absolute Gasteiger partial charge is 0.347 e. The molecule has 2 rings (SSSR count). The van der Waals surface area contributed by atoms with Gasteiger partial charge < -0.3 is 5.11 Å². The van der Waals surface area contributed by atoms with Crippen LogP contribution in [0.4, 0.5) is 0 Å². The van der Waals surface area contributed by atoms with Crippen molar-refractivity contribution in [3.05, 3.63) is 24.2 Å². The summed E-state index contributed by atoms with van der Waals surface area (Å²) in [4.78, 5) is 4.93. The van der Waals surface area contributed by atoms with Crippen molar-refractivity contribution < 1.29 is 10.0 Å². The van der Waals surface area contributed by atoms with Crippen LogP contribution in [0.5, 0.6) is 0 Å². The van der Waals surface area contributed by atoms with Crippen LogP contribution in [0.15, 0.2) is 23.6 Å². The Morgan fingerprint density at radius 2 is 2.50 bits per heavy atom. The van der Waals surface area contributed by atoms with Gasteiger partial charge in [0.2, 0.25) is 0 Å². The lowest BCUT2D eigenvalue weighted by molar-refractivity contribution is -0.762. The average molecular weight is 165 g/mol. The van der Waals surface area contributed by atoms with Gasteiger partial charge in [0.15, 0.2) is 13.1 Å². The summed E-state index contributed by atoms with van der Waals surface area (Å²) in [5.74, 6) is 0. The SMILES string of the molecule is OC[NH+]1C=NC(c2cn[nH]c2)=C1. The summed E-state index contributed by atoms with van der Waals surface area (Å²) >= 11 is 0. The van der Waals surface area contributed by atoms with Crippen LogP contribution in [0.3, 0.4) is 0 Å². The highest BCUT2D eigenvalue weighted by molar-refractivity contribution is 5.72. The number of rotatable bonds is 2. The number of H-pyrrole nitrogens is 1. The molecule has 2 heterocycles. The third kappa shape index (κ3) is 1.15. The van der Waals surface area contributed by atoms with E-state index in [2.05, 4.69) is 15.2 Å². The first kappa shape index (κ1) is 7.20. The molecule has 0 aliphatic carbocycles. The lowest BCUT2D eigenvalue weighted by atomic mass is 10.3. The minimum Gasteiger partial charge on any atom is -0.347 e. The monoisotopic (exact) mass is 165 g/mol. The van der Waals surface area contributed by atoms with E-state index in [1.807, 2.05) is 6.20 Å². The Labute approximate surface area is 69.0 Å². The molecule has 62 valence electrons. The van der Waals surface area contributed by atoms with Crippen LogP contribution in [-0.2, 0) is 0 Å². The first-order valence-corrected chi connectivity index (χ1v) is 3.62. The topological polar surface area (TPSA) is 65.7 Å². The number of aromatic nitrogens is 2. The van der Waals surface area contributed by atoms with Gasteiger partial charge in [-0.25, -0.2) is 4.90 Å². The van der Waals surface area contributed by atoms with Crippen LogP contribution in [0, 0.1) is 0 Å². The summed E-state index contributed by atoms with van der Waals surface area (Å²) < 4.78 is 0. The summed E-state index contributed by atoms with van der Waals surface area (Å²) in [7, 11) is 0. The fraction of sp³-hybridized carbons (Fsp3) is 0.143. The van der Waals surface area contributed by atoms with E-state index in [0.29, 0.717) is 0 Å². The summed E-state index contributed by atoms with van der Waals surface area (Å²) in [5, 5.41) is 15.3. The van der Waals surface area contributed by atoms with Crippen molar-refractivity contribution in [1.29, 1.82) is 0 Å². The summed E-state index contributed by atoms with van der Waals surface area (Å²) in [6.45, 7) is 0.0326. The number of nitrogens with one attached hydrogen (secondary N) is 2. The normalized spacial score (nSPS) is 21.4. The van der Waals surface area contributed by atoms with Crippen LogP contribution in [0.25, 0.3) is 5.70 Å². The third-order valence-corrected chi connectivity index (χ3v) is 1.67. The van der Waals surface area contributed by atoms with Gasteiger partial charge in [-0.2, -0.15) is 10.1 Å². The average Bonchev–Trinajstić information content (AvgIpc) is 2.75. The van der Waals surface area contributed by atoms with E-state index < -0.39 is 0 Å². The van der Waals surface area contributed by atoms with E-state index >= 15 is 0 Å². The number of quaternary nitrogens is 1. The summed E-state index contributed by atoms with van der Waals surface area (Å²) in [6.07, 6.45) is 6.96. The van der Waals surface area contributed by atoms with Gasteiger partial charge in [0.05, 0.1) is 6.20 Å². The maximum Gasteiger partial charge on any atom is 0.195 e. The van der Waals surface area contributed by atoms with E-state index in [1.165, 1.54) is 0 Å². The van der Waals surface area contributed by atoms with Crippen LogP contribution in [0.1, 0.15) is 5.56 Å². The second-order valence-corrected chi connectivity index (χ2v) is 2.51. The van der Waals surface area contributed by atoms with Crippen molar-refractivity contribution in [3.63, 3.8) is 0 Å². The van der Waals surface area contributed by atoms with Crippen molar-refractivity contribution in [1.82, 2.24) is 10.2 Å². The number of hydrogen-bond acceptors (Lipinski definition) is 3. The van der Waals surface area contributed by atoms with Gasteiger partial charge >= 0.3 is 0 Å². The van der Waals surface area contributed by atoms with Gasteiger partial charge in [-0.15, -0.1) is 0 Å². The van der Waals surface area contributed by atoms with E-state index in [-0.39, 0.29) is 6.73 Å². The molecular formula is C7H9N4O+. The Kier molecular flexibility index (Phi) is 1.73. The number of aliphatic hydroxyl groups excluding tert-OH is 1. The smallest absolute Gasteiger partial charge is 0.195 e. The van der Waals surface area contributed by atoms with E-state index in [4.69, 9.17) is 5.11 Å². The van der Waals surface area contributed by atoms with Gasteiger partial charge in [-0.3, -0.25) is 5.10 Å². The minimum atomic E-state index is 0.0326. The van der Waals surface area contributed by atoms with E-state index in [9.17, 15) is 0 Å². The zero-order valence-corrected chi connectivity index (χ0v) is 6.36. The number of hydrogen-bond donors (Lipinski definition) is 3. The number of aliphatic hydroxyl groups is 1. The Morgan fingerprint density at radius 1 is 1.58 bits per heavy atom. The third-order valence-electron chi connectivity index (χ3n) is 1.67. The highest BCUT2D eigenvalue weighted by Gasteiger charge is 2.13. The molecule has 1 aliphatic rings. The lowest BCUT2D eigenvalue weighted by Gasteiger charge is -1.95. The molecule has 0 saturated carbocycles. The van der Waals surface area contributed by atoms with E-state index in [0.717, 1.165) is 16.2 Å². The molecule has 3 N–H and O–H groups in total. The fourth-order valence-corrected chi connectivity index (χ4v) is 1.04. The molecule has 0 amide bonds. The number of aliphatic imine (C=N–C) groups is 1. The molecule has 1 aliphatic heterocycles. The molecule has 0 radical (unpaired) electrons. The predicted molar refractivity (Wildman–Crippen MR) is 43.1 cm³/mol. The molecule has 1 aromatic heterocycles. The molecule has 12 heavy (non-hydrogen) atoms. The first-order valence-electron chi connectivity index (χ1n) is 3.62. The zero-order chi connectivity index (χ0) is 8.39. The molecule has 0 fully saturated rings. The Hall–Kier alpha value is -1.46. The van der Waals surface area contributed by atoms with Gasteiger partial charge in [0.1, 0.15) is 11.9 Å². The fourth-order valence-electron chi connectivity index (χ4n) is 1.04. The van der Waals surface area contributed by atoms with Gasteiger partial charge in [0.25, 0.3) is 0 Å². The highest BCUT2D eigenvalue weighted by atomic mass is 16.3. The molecule has 1 atom stereocenters. The van der Waals surface area contributed by atoms with Gasteiger partial charge in [-0.05, 0) is 0 Å². The summed E-state index contributed by atoms with van der Waals surface area (Å²) in [6, 6.07) is 0. The lowest BCUT2D eigenvalue weighted by Crippen LogP contribution is -3.05. The predicted octanol–water partition coefficient (Wildman–Crippen LogP) is -1.42. The second kappa shape index (κ2) is 2.88. The van der Waals surface area contributed by atoms with Crippen molar-refractivity contribution in [3.8, 4) is 0 Å². The first-order chi connectivity index (χ1) is 5.90. The minimum absolute atomic E-state index is 0.0326. The van der Waals surface area contributed by atoms with Crippen LogP contribution in [-0.4, -0.2) is 28.4 Å². The van der Waals surface area contributed by atoms with Gasteiger partial charge in [0, 0.05) is 11.8 Å². The molecule has 0 aromatic carbocycles. The number of nitrogens with zero attached hydrogens (tertiary/aromatic N) is 2. The van der Waals surface area contributed by atoms with Crippen molar-refractivity contribution in [2.24, 2.45) is 4.99 Å². The molecule has 1 unspecified atom stereocenters. The Balaban J connectivity index is 2.23. The number of aromatic amines is 1. The quantitative estimate of drug-likeness (QED) is 0.504. The Morgan fingerprint density at radius 3 is 3.08 bits per heavy atom. The molecule has 0 saturated heterocycles. The maximum atomic E-state index is 8.79. The molecule has 5 nitrogen and oxygen atoms in total. The Bertz CT molecular complexity index is 314. The molecular weight excluding hydrogens is 156 g/mol. The zero-order valence-electron chi connectivity index (χ0n) is 6.36. The summed E-state index contributed by atoms with van der Waals surface area (Å²) in [5.41, 5.74) is 1.78. The molecule has 0 spiro atoms. The van der Waals surface area contributed by atoms with Crippen LogP contribution in [0.2, 0.25) is 0 Å². The van der Waals surface area contributed by atoms with Crippen LogP contribution >= 0.6 is 0 Å². The van der Waals surface area contributed by atoms with Gasteiger partial charge in [-0.1, -0.05) is 0 Å². The maximum absolute atomic E-state index is 8.79. The second-order valence-electron chi connectivity index (χ2n) is 2.51. The molecule has 1 aromatic rings. The molecule has 5 heteroatoms. The van der Waals surface area contributed by atoms with Crippen molar-refractivity contribution >= 4 is 12.0 Å². The van der Waals surface area contributed by atoms with Crippen LogP contribution < -0.4 is 4.90 Å². The molecule has 0 bridgehead atoms. The highest BCUT2D eigenvalue weighted by Crippen LogP contribution is 2.12.